The summed E-state index contributed by atoms with van der Waals surface area (Å²) in [6, 6.07) is 10.4. The van der Waals surface area contributed by atoms with E-state index in [1.54, 1.807) is 12.1 Å². The van der Waals surface area contributed by atoms with Crippen molar-refractivity contribution in [3.63, 3.8) is 0 Å². The van der Waals surface area contributed by atoms with Crippen LogP contribution in [0.3, 0.4) is 0 Å². The highest BCUT2D eigenvalue weighted by Crippen LogP contribution is 2.40. The molecule has 1 saturated heterocycles. The molecule has 3 heterocycles. The molecule has 1 N–H and O–H groups in total. The summed E-state index contributed by atoms with van der Waals surface area (Å²) in [6.07, 6.45) is 7.23. The fourth-order valence-electron chi connectivity index (χ4n) is 5.82. The van der Waals surface area contributed by atoms with E-state index in [0.717, 1.165) is 52.9 Å². The molecule has 2 aromatic carbocycles. The predicted octanol–water partition coefficient (Wildman–Crippen LogP) is 5.58. The Kier molecular flexibility index (Phi) is 6.61. The Balaban J connectivity index is 1.43. The minimum atomic E-state index is -0.433. The molecule has 202 valence electrons. The van der Waals surface area contributed by atoms with Crippen LogP contribution in [0, 0.1) is 5.82 Å². The summed E-state index contributed by atoms with van der Waals surface area (Å²) < 4.78 is 41.6. The molecule has 6 nitrogen and oxygen atoms in total. The van der Waals surface area contributed by atoms with Crippen molar-refractivity contribution in [2.45, 2.75) is 25.8 Å². The molecule has 1 aromatic heterocycles. The van der Waals surface area contributed by atoms with E-state index in [4.69, 9.17) is 9.47 Å². The molecule has 3 aliphatic rings. The lowest BCUT2D eigenvalue weighted by molar-refractivity contribution is 0.0229. The molecule has 6 rings (SSSR count). The van der Waals surface area contributed by atoms with Gasteiger partial charge in [-0.15, -0.1) is 0 Å². The number of benzene rings is 2. The average Bonchev–Trinajstić information content (AvgIpc) is 3.03. The third-order valence-electron chi connectivity index (χ3n) is 7.58. The fraction of sp³-hybridized carbons (Fsp3) is 0.323. The molecule has 0 spiro atoms. The van der Waals surface area contributed by atoms with E-state index in [2.05, 4.69) is 23.7 Å². The van der Waals surface area contributed by atoms with Crippen molar-refractivity contribution in [2.24, 2.45) is 0 Å². The zero-order valence-corrected chi connectivity index (χ0v) is 22.1. The molecular formula is C31H31F2N3O3. The van der Waals surface area contributed by atoms with E-state index in [1.807, 2.05) is 28.8 Å². The van der Waals surface area contributed by atoms with Crippen molar-refractivity contribution in [2.75, 3.05) is 39.5 Å². The lowest BCUT2D eigenvalue weighted by Gasteiger charge is -2.35. The Morgan fingerprint density at radius 3 is 2.74 bits per heavy atom. The smallest absolute Gasteiger partial charge is 0.327 e. The molecule has 0 atom stereocenters. The number of aromatic nitrogens is 2. The number of halogens is 2. The molecule has 0 saturated carbocycles. The maximum Gasteiger partial charge on any atom is 0.327 e. The van der Waals surface area contributed by atoms with Gasteiger partial charge in [-0.3, -0.25) is 9.47 Å². The first-order chi connectivity index (χ1) is 18.8. The zero-order chi connectivity index (χ0) is 27.1. The van der Waals surface area contributed by atoms with Gasteiger partial charge in [-0.2, -0.15) is 0 Å². The number of nitrogens with zero attached hydrogens (tertiary/aromatic N) is 2. The highest BCUT2D eigenvalue weighted by molar-refractivity contribution is 5.95. The molecular weight excluding hydrogens is 500 g/mol. The van der Waals surface area contributed by atoms with Crippen LogP contribution in [0.25, 0.3) is 22.7 Å². The van der Waals surface area contributed by atoms with Gasteiger partial charge in [0, 0.05) is 31.3 Å². The molecule has 0 bridgehead atoms. The van der Waals surface area contributed by atoms with E-state index in [0.29, 0.717) is 31.0 Å². The van der Waals surface area contributed by atoms with Crippen LogP contribution in [-0.4, -0.2) is 53.9 Å². The Labute approximate surface area is 225 Å². The number of aromatic amines is 1. The first kappa shape index (κ1) is 25.5. The van der Waals surface area contributed by atoms with Gasteiger partial charge in [0.25, 0.3) is 0 Å². The summed E-state index contributed by atoms with van der Waals surface area (Å²) in [4.78, 5) is 18.5. The Morgan fingerprint density at radius 2 is 1.92 bits per heavy atom. The standard InChI is InChI=1S/C31H31F2N3O3/c1-31(2,19-35-10-12-38-13-11-35)36-28-9-6-20(15-27(28)34-30(36)37)14-26-24-5-3-4-22(32)16-21(24)18-39-29-17-23(33)7-8-25(26)29/h3-4,6-9,14-17H,5,10-13,18-19H2,1-2H3,(H,34,37)/b26-14+. The number of ether oxygens (including phenoxy) is 2. The van der Waals surface area contributed by atoms with Gasteiger partial charge in [0.2, 0.25) is 0 Å². The third kappa shape index (κ3) is 5.02. The van der Waals surface area contributed by atoms with Crippen LogP contribution in [0.2, 0.25) is 0 Å². The summed E-state index contributed by atoms with van der Waals surface area (Å²) >= 11 is 0. The highest BCUT2D eigenvalue weighted by Gasteiger charge is 2.29. The number of rotatable bonds is 4. The van der Waals surface area contributed by atoms with Crippen LogP contribution in [0.15, 0.2) is 76.4 Å². The lowest BCUT2D eigenvalue weighted by Crippen LogP contribution is -2.48. The summed E-state index contributed by atoms with van der Waals surface area (Å²) in [6.45, 7) is 8.13. The van der Waals surface area contributed by atoms with Crippen molar-refractivity contribution in [3.8, 4) is 5.75 Å². The van der Waals surface area contributed by atoms with Gasteiger partial charge < -0.3 is 14.5 Å². The molecule has 1 aliphatic carbocycles. The maximum absolute atomic E-state index is 14.3. The molecule has 0 amide bonds. The topological polar surface area (TPSA) is 59.5 Å². The van der Waals surface area contributed by atoms with E-state index in [1.165, 1.54) is 24.3 Å². The quantitative estimate of drug-likeness (QED) is 0.478. The largest absolute Gasteiger partial charge is 0.488 e. The molecule has 2 aliphatic heterocycles. The van der Waals surface area contributed by atoms with E-state index in [-0.39, 0.29) is 18.1 Å². The monoisotopic (exact) mass is 531 g/mol. The Bertz CT molecular complexity index is 1620. The molecule has 39 heavy (non-hydrogen) atoms. The van der Waals surface area contributed by atoms with Gasteiger partial charge in [-0.25, -0.2) is 13.6 Å². The van der Waals surface area contributed by atoms with E-state index in [9.17, 15) is 13.6 Å². The van der Waals surface area contributed by atoms with Crippen LogP contribution in [0.4, 0.5) is 8.78 Å². The fourth-order valence-corrected chi connectivity index (χ4v) is 5.82. The highest BCUT2D eigenvalue weighted by atomic mass is 19.1. The number of hydrogen-bond acceptors (Lipinski definition) is 4. The van der Waals surface area contributed by atoms with Crippen molar-refractivity contribution >= 4 is 22.7 Å². The van der Waals surface area contributed by atoms with Gasteiger partial charge >= 0.3 is 5.69 Å². The van der Waals surface area contributed by atoms with Gasteiger partial charge in [0.15, 0.2) is 0 Å². The summed E-state index contributed by atoms with van der Waals surface area (Å²) in [5, 5.41) is 0. The van der Waals surface area contributed by atoms with Gasteiger partial charge in [-0.1, -0.05) is 12.1 Å². The minimum Gasteiger partial charge on any atom is -0.488 e. The number of H-pyrrole nitrogens is 1. The van der Waals surface area contributed by atoms with Crippen LogP contribution in [-0.2, 0) is 10.3 Å². The third-order valence-corrected chi connectivity index (χ3v) is 7.58. The number of nitrogens with one attached hydrogen (secondary N) is 1. The van der Waals surface area contributed by atoms with Crippen LogP contribution in [0.5, 0.6) is 5.75 Å². The first-order valence-corrected chi connectivity index (χ1v) is 13.2. The second-order valence-electron chi connectivity index (χ2n) is 10.9. The van der Waals surface area contributed by atoms with Gasteiger partial charge in [0.05, 0.1) is 29.8 Å². The van der Waals surface area contributed by atoms with Crippen LogP contribution >= 0.6 is 0 Å². The molecule has 0 radical (unpaired) electrons. The number of fused-ring (bicyclic) bond motifs is 2. The predicted molar refractivity (Wildman–Crippen MR) is 149 cm³/mol. The van der Waals surface area contributed by atoms with Crippen LogP contribution < -0.4 is 10.4 Å². The van der Waals surface area contributed by atoms with Crippen molar-refractivity contribution in [3.05, 3.63) is 99.0 Å². The van der Waals surface area contributed by atoms with Crippen LogP contribution in [0.1, 0.15) is 31.4 Å². The summed E-state index contributed by atoms with van der Waals surface area (Å²) in [7, 11) is 0. The normalized spacial score (nSPS) is 19.4. The van der Waals surface area contributed by atoms with Crippen molar-refractivity contribution in [1.82, 2.24) is 14.5 Å². The van der Waals surface area contributed by atoms with E-state index >= 15 is 0 Å². The second-order valence-corrected chi connectivity index (χ2v) is 10.9. The number of allylic oxidation sites excluding steroid dienone is 5. The molecule has 3 aromatic rings. The number of hydrogen-bond donors (Lipinski definition) is 1. The van der Waals surface area contributed by atoms with Gasteiger partial charge in [0.1, 0.15) is 24.0 Å². The Morgan fingerprint density at radius 1 is 1.10 bits per heavy atom. The van der Waals surface area contributed by atoms with Crippen molar-refractivity contribution < 1.29 is 18.3 Å². The Hall–Kier alpha value is -3.75. The SMILES string of the molecule is CC(C)(CN1CCOCC1)n1c(=O)[nH]c2cc(/C=C3\C4=C(C=C(F)C=CC4)COc4cc(F)ccc43)ccc21. The first-order valence-electron chi connectivity index (χ1n) is 13.2. The zero-order valence-electron chi connectivity index (χ0n) is 22.1. The summed E-state index contributed by atoms with van der Waals surface area (Å²) in [5.74, 6) is -0.329. The molecule has 0 unspecified atom stereocenters. The minimum absolute atomic E-state index is 0.145. The van der Waals surface area contributed by atoms with Gasteiger partial charge in [-0.05, 0) is 85.0 Å². The number of morpholine rings is 1. The number of imidazole rings is 1. The molecule has 8 heteroatoms. The average molecular weight is 532 g/mol. The van der Waals surface area contributed by atoms with E-state index < -0.39 is 11.4 Å². The maximum atomic E-state index is 14.3. The second kappa shape index (κ2) is 10.1. The lowest BCUT2D eigenvalue weighted by atomic mass is 9.90. The van der Waals surface area contributed by atoms with Crippen molar-refractivity contribution in [1.29, 1.82) is 0 Å². The summed E-state index contributed by atoms with van der Waals surface area (Å²) in [5.41, 5.74) is 5.04. The molecule has 1 fully saturated rings.